The molecule has 0 unspecified atom stereocenters. The molecule has 0 bridgehead atoms. The second-order valence-corrected chi connectivity index (χ2v) is 6.19. The zero-order chi connectivity index (χ0) is 20.0. The van der Waals surface area contributed by atoms with Crippen molar-refractivity contribution in [3.05, 3.63) is 58.2 Å². The molecule has 0 radical (unpaired) electrons. The summed E-state index contributed by atoms with van der Waals surface area (Å²) in [5.41, 5.74) is 2.14. The maximum atomic E-state index is 13.7. The number of fused-ring (bicyclic) bond motifs is 1. The van der Waals surface area contributed by atoms with E-state index in [2.05, 4.69) is 19.7 Å². The lowest BCUT2D eigenvalue weighted by Gasteiger charge is -2.01. The standard InChI is InChI=1S/C19H15FN4O4/c1-9-15(18(25)24(2)28-9)10-4-5-12(21-8-10)13-6-11-7-14(20)23-17(16(11)22-13)19(26)27-3/h4-8,22H,1-3H3. The third kappa shape index (κ3) is 2.77. The second-order valence-electron chi connectivity index (χ2n) is 6.19. The average molecular weight is 382 g/mol. The summed E-state index contributed by atoms with van der Waals surface area (Å²) in [6.45, 7) is 1.71. The van der Waals surface area contributed by atoms with Crippen molar-refractivity contribution < 1.29 is 18.4 Å². The van der Waals surface area contributed by atoms with Gasteiger partial charge in [-0.25, -0.2) is 9.78 Å². The fourth-order valence-electron chi connectivity index (χ4n) is 3.11. The van der Waals surface area contributed by atoms with Gasteiger partial charge < -0.3 is 14.2 Å². The third-order valence-electron chi connectivity index (χ3n) is 4.41. The van der Waals surface area contributed by atoms with Crippen LogP contribution in [-0.2, 0) is 11.8 Å². The van der Waals surface area contributed by atoms with Gasteiger partial charge in [0.25, 0.3) is 5.56 Å². The highest BCUT2D eigenvalue weighted by atomic mass is 19.1. The summed E-state index contributed by atoms with van der Waals surface area (Å²) in [6, 6.07) is 6.34. The van der Waals surface area contributed by atoms with Crippen molar-refractivity contribution in [1.29, 1.82) is 0 Å². The number of nitrogens with one attached hydrogen (secondary N) is 1. The number of H-pyrrole nitrogens is 1. The topological polar surface area (TPSA) is 103 Å². The first-order valence-corrected chi connectivity index (χ1v) is 8.30. The predicted molar refractivity (Wildman–Crippen MR) is 98.3 cm³/mol. The highest BCUT2D eigenvalue weighted by Crippen LogP contribution is 2.27. The van der Waals surface area contributed by atoms with Crippen LogP contribution in [0.4, 0.5) is 4.39 Å². The summed E-state index contributed by atoms with van der Waals surface area (Å²) in [6.07, 6.45) is 1.56. The molecule has 0 atom stereocenters. The summed E-state index contributed by atoms with van der Waals surface area (Å²) >= 11 is 0. The van der Waals surface area contributed by atoms with E-state index in [4.69, 9.17) is 4.52 Å². The highest BCUT2D eigenvalue weighted by molar-refractivity contribution is 6.02. The molecule has 9 heteroatoms. The van der Waals surface area contributed by atoms with Gasteiger partial charge in [0, 0.05) is 30.3 Å². The lowest BCUT2D eigenvalue weighted by Crippen LogP contribution is -2.11. The summed E-state index contributed by atoms with van der Waals surface area (Å²) in [7, 11) is 2.74. The number of nitrogens with zero attached hydrogens (tertiary/aromatic N) is 3. The first-order chi connectivity index (χ1) is 13.4. The number of carbonyl (C=O) groups is 1. The number of aryl methyl sites for hydroxylation is 2. The molecule has 0 amide bonds. The van der Waals surface area contributed by atoms with E-state index < -0.39 is 11.9 Å². The Morgan fingerprint density at radius 2 is 2.11 bits per heavy atom. The van der Waals surface area contributed by atoms with Gasteiger partial charge >= 0.3 is 5.97 Å². The van der Waals surface area contributed by atoms with Crippen LogP contribution in [0, 0.1) is 12.9 Å². The van der Waals surface area contributed by atoms with Crippen molar-refractivity contribution in [2.75, 3.05) is 7.11 Å². The van der Waals surface area contributed by atoms with Crippen LogP contribution in [0.1, 0.15) is 16.2 Å². The number of hydrogen-bond acceptors (Lipinski definition) is 6. The highest BCUT2D eigenvalue weighted by Gasteiger charge is 2.18. The third-order valence-corrected chi connectivity index (χ3v) is 4.41. The molecule has 8 nitrogen and oxygen atoms in total. The fraction of sp³-hybridized carbons (Fsp3) is 0.158. The van der Waals surface area contributed by atoms with Gasteiger partial charge in [0.2, 0.25) is 5.95 Å². The SMILES string of the molecule is COC(=O)c1nc(F)cc2cc(-c3ccc(-c4c(C)on(C)c4=O)cn3)[nH]c12. The summed E-state index contributed by atoms with van der Waals surface area (Å²) < 4.78 is 24.8. The number of pyridine rings is 2. The molecule has 4 aromatic heterocycles. The molecule has 0 fully saturated rings. The van der Waals surface area contributed by atoms with Gasteiger partial charge in [0.15, 0.2) is 5.69 Å². The number of aromatic amines is 1. The molecule has 0 aliphatic carbocycles. The Balaban J connectivity index is 1.79. The maximum absolute atomic E-state index is 13.7. The molecule has 0 aliphatic rings. The van der Waals surface area contributed by atoms with Crippen molar-refractivity contribution in [2.45, 2.75) is 6.92 Å². The van der Waals surface area contributed by atoms with E-state index in [-0.39, 0.29) is 11.3 Å². The molecule has 28 heavy (non-hydrogen) atoms. The van der Waals surface area contributed by atoms with E-state index >= 15 is 0 Å². The molecular formula is C19H15FN4O4. The molecule has 142 valence electrons. The number of esters is 1. The smallest absolute Gasteiger partial charge is 0.358 e. The van der Waals surface area contributed by atoms with Crippen LogP contribution in [0.25, 0.3) is 33.4 Å². The average Bonchev–Trinajstić information content (AvgIpc) is 3.21. The van der Waals surface area contributed by atoms with E-state index in [0.29, 0.717) is 39.2 Å². The maximum Gasteiger partial charge on any atom is 0.358 e. The van der Waals surface area contributed by atoms with Gasteiger partial charge in [-0.15, -0.1) is 0 Å². The lowest BCUT2D eigenvalue weighted by molar-refractivity contribution is 0.0595. The Kier molecular flexibility index (Phi) is 4.07. The van der Waals surface area contributed by atoms with Gasteiger partial charge in [0.1, 0.15) is 5.76 Å². The Morgan fingerprint density at radius 3 is 2.71 bits per heavy atom. The number of ether oxygens (including phenoxy) is 1. The molecular weight excluding hydrogens is 367 g/mol. The van der Waals surface area contributed by atoms with Crippen LogP contribution in [-0.4, -0.2) is 32.8 Å². The van der Waals surface area contributed by atoms with Crippen molar-refractivity contribution in [3.63, 3.8) is 0 Å². The summed E-state index contributed by atoms with van der Waals surface area (Å²) in [5.74, 6) is -1.03. The normalized spacial score (nSPS) is 11.1. The van der Waals surface area contributed by atoms with Crippen LogP contribution in [0.2, 0.25) is 0 Å². The zero-order valence-electron chi connectivity index (χ0n) is 15.2. The molecule has 0 saturated carbocycles. The molecule has 4 rings (SSSR count). The Hall–Kier alpha value is -3.75. The van der Waals surface area contributed by atoms with E-state index in [9.17, 15) is 14.0 Å². The minimum absolute atomic E-state index is 0.141. The summed E-state index contributed by atoms with van der Waals surface area (Å²) in [5, 5.41) is 0.466. The van der Waals surface area contributed by atoms with Crippen LogP contribution in [0.3, 0.4) is 0 Å². The van der Waals surface area contributed by atoms with E-state index in [1.54, 1.807) is 31.3 Å². The first-order valence-electron chi connectivity index (χ1n) is 8.30. The molecule has 0 spiro atoms. The second kappa shape index (κ2) is 6.45. The Bertz CT molecular complexity index is 1270. The molecule has 4 heterocycles. The van der Waals surface area contributed by atoms with Gasteiger partial charge in [0.05, 0.1) is 29.6 Å². The molecule has 4 aromatic rings. The monoisotopic (exact) mass is 382 g/mol. The van der Waals surface area contributed by atoms with Crippen LogP contribution >= 0.6 is 0 Å². The lowest BCUT2D eigenvalue weighted by atomic mass is 10.1. The van der Waals surface area contributed by atoms with Gasteiger partial charge in [-0.3, -0.25) is 9.78 Å². The van der Waals surface area contributed by atoms with E-state index in [1.807, 2.05) is 0 Å². The van der Waals surface area contributed by atoms with Crippen LogP contribution in [0.15, 0.2) is 39.8 Å². The molecule has 1 N–H and O–H groups in total. The first kappa shape index (κ1) is 17.7. The minimum atomic E-state index is -0.784. The number of aromatic nitrogens is 4. The molecule has 0 saturated heterocycles. The van der Waals surface area contributed by atoms with Gasteiger partial charge in [-0.2, -0.15) is 9.13 Å². The zero-order valence-corrected chi connectivity index (χ0v) is 15.2. The van der Waals surface area contributed by atoms with E-state index in [1.165, 1.54) is 20.2 Å². The Morgan fingerprint density at radius 1 is 1.32 bits per heavy atom. The number of methoxy groups -OCH3 is 1. The van der Waals surface area contributed by atoms with Crippen LogP contribution in [0.5, 0.6) is 0 Å². The largest absolute Gasteiger partial charge is 0.464 e. The number of hydrogen-bond donors (Lipinski definition) is 1. The van der Waals surface area contributed by atoms with Gasteiger partial charge in [-0.05, 0) is 19.1 Å². The minimum Gasteiger partial charge on any atom is -0.464 e. The van der Waals surface area contributed by atoms with Gasteiger partial charge in [-0.1, -0.05) is 6.07 Å². The number of halogens is 1. The van der Waals surface area contributed by atoms with Crippen molar-refractivity contribution in [1.82, 2.24) is 19.7 Å². The predicted octanol–water partition coefficient (Wildman–Crippen LogP) is 2.82. The van der Waals surface area contributed by atoms with Crippen LogP contribution < -0.4 is 5.56 Å². The molecule has 0 aliphatic heterocycles. The van der Waals surface area contributed by atoms with Crippen molar-refractivity contribution in [2.24, 2.45) is 7.05 Å². The van der Waals surface area contributed by atoms with E-state index in [0.717, 1.165) is 4.74 Å². The fourth-order valence-corrected chi connectivity index (χ4v) is 3.11. The molecule has 0 aromatic carbocycles. The van der Waals surface area contributed by atoms with Crippen molar-refractivity contribution in [3.8, 4) is 22.5 Å². The number of rotatable bonds is 3. The number of carbonyl (C=O) groups excluding carboxylic acids is 1. The quantitative estimate of drug-likeness (QED) is 0.432. The Labute approximate surface area is 157 Å². The summed E-state index contributed by atoms with van der Waals surface area (Å²) in [4.78, 5) is 35.1. The van der Waals surface area contributed by atoms with Crippen molar-refractivity contribution >= 4 is 16.9 Å².